The van der Waals surface area contributed by atoms with Crippen LogP contribution in [0.2, 0.25) is 0 Å². The molecule has 0 radical (unpaired) electrons. The fraction of sp³-hybridized carbons (Fsp3) is 0.450. The van der Waals surface area contributed by atoms with E-state index in [2.05, 4.69) is 10.4 Å². The molecule has 1 N–H and O–H groups in total. The van der Waals surface area contributed by atoms with Crippen molar-refractivity contribution in [2.24, 2.45) is 0 Å². The number of piperidine rings is 1. The Morgan fingerprint density at radius 1 is 1.18 bits per heavy atom. The van der Waals surface area contributed by atoms with E-state index in [0.29, 0.717) is 31.6 Å². The SMILES string of the molecule is COC(=O)N1CCC(NC(=O)c2nn(-c3ccc(F)cc3)c3c2CCC3)CC1. The van der Waals surface area contributed by atoms with Crippen molar-refractivity contribution in [2.45, 2.75) is 38.1 Å². The van der Waals surface area contributed by atoms with E-state index in [9.17, 15) is 14.0 Å². The Morgan fingerprint density at radius 2 is 1.89 bits per heavy atom. The first-order valence-corrected chi connectivity index (χ1v) is 9.57. The predicted octanol–water partition coefficient (Wildman–Crippen LogP) is 2.46. The lowest BCUT2D eigenvalue weighted by Gasteiger charge is -2.31. The first-order chi connectivity index (χ1) is 13.6. The number of fused-ring (bicyclic) bond motifs is 1. The number of benzene rings is 1. The Hall–Kier alpha value is -2.90. The largest absolute Gasteiger partial charge is 0.453 e. The number of hydrogen-bond acceptors (Lipinski definition) is 4. The summed E-state index contributed by atoms with van der Waals surface area (Å²) in [6, 6.07) is 6.14. The lowest BCUT2D eigenvalue weighted by atomic mass is 10.0. The molecule has 1 aromatic carbocycles. The van der Waals surface area contributed by atoms with Gasteiger partial charge in [-0.25, -0.2) is 13.9 Å². The van der Waals surface area contributed by atoms with Crippen molar-refractivity contribution >= 4 is 12.0 Å². The average molecular weight is 386 g/mol. The molecule has 4 rings (SSSR count). The fourth-order valence-electron chi connectivity index (χ4n) is 4.00. The number of methoxy groups -OCH3 is 1. The summed E-state index contributed by atoms with van der Waals surface area (Å²) in [6.07, 6.45) is 3.68. The number of carbonyl (C=O) groups excluding carboxylic acids is 2. The van der Waals surface area contributed by atoms with E-state index in [0.717, 1.165) is 36.2 Å². The zero-order valence-electron chi connectivity index (χ0n) is 15.8. The van der Waals surface area contributed by atoms with Gasteiger partial charge in [0.2, 0.25) is 0 Å². The van der Waals surface area contributed by atoms with Crippen LogP contribution in [-0.2, 0) is 17.6 Å². The summed E-state index contributed by atoms with van der Waals surface area (Å²) < 4.78 is 19.7. The molecule has 0 atom stereocenters. The Kier molecular flexibility index (Phi) is 5.02. The lowest BCUT2D eigenvalue weighted by Crippen LogP contribution is -2.46. The molecule has 0 bridgehead atoms. The van der Waals surface area contributed by atoms with Crippen LogP contribution >= 0.6 is 0 Å². The van der Waals surface area contributed by atoms with Crippen LogP contribution in [0.25, 0.3) is 5.69 Å². The summed E-state index contributed by atoms with van der Waals surface area (Å²) in [6.45, 7) is 1.11. The second-order valence-corrected chi connectivity index (χ2v) is 7.22. The molecule has 8 heteroatoms. The molecule has 1 aliphatic heterocycles. The number of hydrogen-bond donors (Lipinski definition) is 1. The van der Waals surface area contributed by atoms with Crippen LogP contribution in [0.15, 0.2) is 24.3 Å². The summed E-state index contributed by atoms with van der Waals surface area (Å²) >= 11 is 0. The fourth-order valence-corrected chi connectivity index (χ4v) is 4.00. The summed E-state index contributed by atoms with van der Waals surface area (Å²) in [7, 11) is 1.37. The minimum absolute atomic E-state index is 0.00132. The van der Waals surface area contributed by atoms with Gasteiger partial charge in [0.15, 0.2) is 5.69 Å². The maximum atomic E-state index is 13.2. The van der Waals surface area contributed by atoms with Crippen LogP contribution in [-0.4, -0.2) is 52.9 Å². The summed E-state index contributed by atoms with van der Waals surface area (Å²) in [4.78, 5) is 26.1. The predicted molar refractivity (Wildman–Crippen MR) is 100 cm³/mol. The van der Waals surface area contributed by atoms with Gasteiger partial charge in [0.25, 0.3) is 5.91 Å². The summed E-state index contributed by atoms with van der Waals surface area (Å²) in [5.41, 5.74) is 3.21. The van der Waals surface area contributed by atoms with Gasteiger partial charge in [0, 0.05) is 30.4 Å². The maximum absolute atomic E-state index is 13.2. The standard InChI is InChI=1S/C20H23FN4O3/c1-28-20(27)24-11-9-14(10-12-24)22-19(26)18-16-3-2-4-17(16)25(23-18)15-7-5-13(21)6-8-15/h5-8,14H,2-4,9-12H2,1H3,(H,22,26). The second-order valence-electron chi connectivity index (χ2n) is 7.22. The number of rotatable bonds is 3. The highest BCUT2D eigenvalue weighted by molar-refractivity contribution is 5.94. The number of amides is 2. The van der Waals surface area contributed by atoms with Crippen LogP contribution in [0.1, 0.15) is 41.0 Å². The molecule has 0 unspecified atom stereocenters. The third kappa shape index (κ3) is 3.46. The lowest BCUT2D eigenvalue weighted by molar-refractivity contribution is 0.0886. The van der Waals surface area contributed by atoms with E-state index in [1.807, 2.05) is 0 Å². The van der Waals surface area contributed by atoms with E-state index in [4.69, 9.17) is 4.74 Å². The summed E-state index contributed by atoms with van der Waals surface area (Å²) in [5.74, 6) is -0.487. The van der Waals surface area contributed by atoms with Gasteiger partial charge in [-0.3, -0.25) is 4.79 Å². The Labute approximate surface area is 162 Å². The van der Waals surface area contributed by atoms with Gasteiger partial charge in [0.05, 0.1) is 12.8 Å². The molecule has 1 aliphatic carbocycles. The second kappa shape index (κ2) is 7.61. The van der Waals surface area contributed by atoms with Crippen LogP contribution in [0.5, 0.6) is 0 Å². The minimum atomic E-state index is -0.333. The van der Waals surface area contributed by atoms with Crippen LogP contribution in [0, 0.1) is 5.82 Å². The van der Waals surface area contributed by atoms with Gasteiger partial charge >= 0.3 is 6.09 Å². The van der Waals surface area contributed by atoms with Crippen molar-refractivity contribution in [1.29, 1.82) is 0 Å². The van der Waals surface area contributed by atoms with Crippen LogP contribution in [0.4, 0.5) is 9.18 Å². The highest BCUT2D eigenvalue weighted by Crippen LogP contribution is 2.28. The van der Waals surface area contributed by atoms with E-state index >= 15 is 0 Å². The Balaban J connectivity index is 1.49. The smallest absolute Gasteiger partial charge is 0.409 e. The highest BCUT2D eigenvalue weighted by atomic mass is 19.1. The number of nitrogens with one attached hydrogen (secondary N) is 1. The van der Waals surface area contributed by atoms with Crippen LogP contribution in [0.3, 0.4) is 0 Å². The molecule has 2 amide bonds. The van der Waals surface area contributed by atoms with Gasteiger partial charge in [-0.05, 0) is 56.4 Å². The maximum Gasteiger partial charge on any atom is 0.409 e. The Morgan fingerprint density at radius 3 is 2.57 bits per heavy atom. The van der Waals surface area contributed by atoms with Gasteiger partial charge in [0.1, 0.15) is 5.82 Å². The van der Waals surface area contributed by atoms with Crippen molar-refractivity contribution in [3.8, 4) is 5.69 Å². The molecule has 7 nitrogen and oxygen atoms in total. The topological polar surface area (TPSA) is 76.5 Å². The van der Waals surface area contributed by atoms with Crippen molar-refractivity contribution in [1.82, 2.24) is 20.0 Å². The first kappa shape index (κ1) is 18.5. The molecule has 0 saturated carbocycles. The van der Waals surface area contributed by atoms with E-state index < -0.39 is 0 Å². The zero-order chi connectivity index (χ0) is 19.7. The molecular weight excluding hydrogens is 363 g/mol. The first-order valence-electron chi connectivity index (χ1n) is 9.57. The number of halogens is 1. The van der Waals surface area contributed by atoms with Gasteiger partial charge in [-0.1, -0.05) is 0 Å². The molecule has 1 fully saturated rings. The third-order valence-corrected chi connectivity index (χ3v) is 5.48. The molecule has 1 aromatic heterocycles. The zero-order valence-corrected chi connectivity index (χ0v) is 15.8. The molecule has 148 valence electrons. The van der Waals surface area contributed by atoms with E-state index in [1.54, 1.807) is 21.7 Å². The quantitative estimate of drug-likeness (QED) is 0.879. The third-order valence-electron chi connectivity index (χ3n) is 5.48. The van der Waals surface area contributed by atoms with Gasteiger partial charge in [-0.2, -0.15) is 5.10 Å². The van der Waals surface area contributed by atoms with E-state index in [1.165, 1.54) is 19.2 Å². The average Bonchev–Trinajstić information content (AvgIpc) is 3.31. The molecule has 2 aliphatic rings. The van der Waals surface area contributed by atoms with Crippen molar-refractivity contribution in [2.75, 3.05) is 20.2 Å². The van der Waals surface area contributed by atoms with Crippen molar-refractivity contribution in [3.63, 3.8) is 0 Å². The number of aromatic nitrogens is 2. The van der Waals surface area contributed by atoms with E-state index in [-0.39, 0.29) is 23.9 Å². The molecule has 2 aromatic rings. The highest BCUT2D eigenvalue weighted by Gasteiger charge is 2.29. The number of ether oxygens (including phenoxy) is 1. The van der Waals surface area contributed by atoms with Crippen LogP contribution < -0.4 is 5.32 Å². The normalized spacial score (nSPS) is 16.7. The van der Waals surface area contributed by atoms with Crippen molar-refractivity contribution < 1.29 is 18.7 Å². The molecule has 28 heavy (non-hydrogen) atoms. The number of likely N-dealkylation sites (tertiary alicyclic amines) is 1. The monoisotopic (exact) mass is 386 g/mol. The van der Waals surface area contributed by atoms with Gasteiger partial charge in [-0.15, -0.1) is 0 Å². The summed E-state index contributed by atoms with van der Waals surface area (Å²) in [5, 5.41) is 7.61. The molecule has 2 heterocycles. The molecule has 0 spiro atoms. The number of carbonyl (C=O) groups is 2. The van der Waals surface area contributed by atoms with Gasteiger partial charge < -0.3 is 15.0 Å². The van der Waals surface area contributed by atoms with Crippen molar-refractivity contribution in [3.05, 3.63) is 47.0 Å². The Bertz CT molecular complexity index is 886. The molecular formula is C20H23FN4O3. The minimum Gasteiger partial charge on any atom is -0.453 e. The molecule has 1 saturated heterocycles. The number of nitrogens with zero attached hydrogens (tertiary/aromatic N) is 3.